The lowest BCUT2D eigenvalue weighted by molar-refractivity contribution is 0.0974. The number of aromatic hydroxyl groups is 2. The molecule has 23 heavy (non-hydrogen) atoms. The SMILES string of the molecule is COc1cc(O)c2c(c1)C(=O)c1cc(C(Br)Br)cc(O)c1C2=O. The highest BCUT2D eigenvalue weighted by Gasteiger charge is 2.35. The van der Waals surface area contributed by atoms with Gasteiger partial charge in [0.25, 0.3) is 0 Å². The molecule has 2 N–H and O–H groups in total. The van der Waals surface area contributed by atoms with Crippen LogP contribution < -0.4 is 4.74 Å². The van der Waals surface area contributed by atoms with Crippen molar-refractivity contribution in [1.29, 1.82) is 0 Å². The lowest BCUT2D eigenvalue weighted by Crippen LogP contribution is -2.21. The van der Waals surface area contributed by atoms with E-state index in [1.165, 1.54) is 31.4 Å². The number of rotatable bonds is 2. The molecule has 3 rings (SSSR count). The van der Waals surface area contributed by atoms with Gasteiger partial charge in [-0.1, -0.05) is 31.9 Å². The molecule has 0 saturated carbocycles. The van der Waals surface area contributed by atoms with Crippen molar-refractivity contribution in [2.45, 2.75) is 3.74 Å². The number of halogens is 2. The van der Waals surface area contributed by atoms with Crippen molar-refractivity contribution >= 4 is 43.4 Å². The minimum atomic E-state index is -0.598. The van der Waals surface area contributed by atoms with E-state index in [0.29, 0.717) is 5.56 Å². The first-order valence-corrected chi connectivity index (χ1v) is 8.33. The zero-order valence-corrected chi connectivity index (χ0v) is 14.9. The first kappa shape index (κ1) is 16.0. The molecule has 5 nitrogen and oxygen atoms in total. The maximum atomic E-state index is 12.7. The average molecular weight is 442 g/mol. The number of phenols is 2. The third kappa shape index (κ3) is 2.44. The second kappa shape index (κ2) is 5.65. The molecule has 0 aromatic heterocycles. The Hall–Kier alpha value is -1.86. The Morgan fingerprint density at radius 3 is 2.04 bits per heavy atom. The molecule has 0 unspecified atom stereocenters. The van der Waals surface area contributed by atoms with Crippen molar-refractivity contribution in [3.63, 3.8) is 0 Å². The van der Waals surface area contributed by atoms with Gasteiger partial charge < -0.3 is 14.9 Å². The van der Waals surface area contributed by atoms with Crippen molar-refractivity contribution in [2.75, 3.05) is 7.11 Å². The van der Waals surface area contributed by atoms with Crippen LogP contribution in [-0.4, -0.2) is 28.9 Å². The molecule has 1 aliphatic carbocycles. The number of alkyl halides is 2. The molecule has 0 amide bonds. The summed E-state index contributed by atoms with van der Waals surface area (Å²) in [5, 5.41) is 20.2. The summed E-state index contributed by atoms with van der Waals surface area (Å²) >= 11 is 6.59. The molecule has 0 fully saturated rings. The highest BCUT2D eigenvalue weighted by molar-refractivity contribution is 9.24. The Balaban J connectivity index is 2.31. The molecule has 0 aliphatic heterocycles. The second-order valence-corrected chi connectivity index (χ2v) is 8.05. The first-order valence-electron chi connectivity index (χ1n) is 6.50. The van der Waals surface area contributed by atoms with Crippen molar-refractivity contribution < 1.29 is 24.5 Å². The molecule has 1 aliphatic rings. The lowest BCUT2D eigenvalue weighted by Gasteiger charge is -2.21. The van der Waals surface area contributed by atoms with E-state index in [1.807, 2.05) is 0 Å². The van der Waals surface area contributed by atoms with Crippen molar-refractivity contribution in [1.82, 2.24) is 0 Å². The van der Waals surface area contributed by atoms with Crippen LogP contribution in [0.3, 0.4) is 0 Å². The van der Waals surface area contributed by atoms with Crippen LogP contribution in [0.1, 0.15) is 41.1 Å². The number of methoxy groups -OCH3 is 1. The van der Waals surface area contributed by atoms with Crippen LogP contribution >= 0.6 is 31.9 Å². The number of fused-ring (bicyclic) bond motifs is 2. The van der Waals surface area contributed by atoms with Gasteiger partial charge in [-0.05, 0) is 23.8 Å². The number of carbonyl (C=O) groups excluding carboxylic acids is 2. The second-order valence-electron chi connectivity index (χ2n) is 4.99. The maximum absolute atomic E-state index is 12.7. The summed E-state index contributed by atoms with van der Waals surface area (Å²) in [6.07, 6.45) is 0. The summed E-state index contributed by atoms with van der Waals surface area (Å²) in [6, 6.07) is 5.59. The van der Waals surface area contributed by atoms with Gasteiger partial charge in [0.2, 0.25) is 5.78 Å². The lowest BCUT2D eigenvalue weighted by atomic mass is 9.82. The number of ether oxygens (including phenoxy) is 1. The molecule has 118 valence electrons. The van der Waals surface area contributed by atoms with Crippen LogP contribution in [0.2, 0.25) is 0 Å². The van der Waals surface area contributed by atoms with E-state index in [-0.39, 0.29) is 43.2 Å². The van der Waals surface area contributed by atoms with E-state index in [9.17, 15) is 19.8 Å². The normalized spacial score (nSPS) is 13.0. The minimum absolute atomic E-state index is 0.0524. The van der Waals surface area contributed by atoms with Crippen LogP contribution in [0, 0.1) is 0 Å². The summed E-state index contributed by atoms with van der Waals surface area (Å²) in [5.41, 5.74) is 0.511. The Morgan fingerprint density at radius 1 is 0.913 bits per heavy atom. The molecule has 0 saturated heterocycles. The van der Waals surface area contributed by atoms with Gasteiger partial charge in [0, 0.05) is 17.2 Å². The summed E-state index contributed by atoms with van der Waals surface area (Å²) in [4.78, 5) is 25.4. The summed E-state index contributed by atoms with van der Waals surface area (Å²) in [6.45, 7) is 0. The number of phenolic OH excluding ortho intramolecular Hbond substituents is 2. The molecule has 0 radical (unpaired) electrons. The molecule has 2 aromatic carbocycles. The highest BCUT2D eigenvalue weighted by Crippen LogP contribution is 2.41. The predicted molar refractivity (Wildman–Crippen MR) is 90.2 cm³/mol. The Bertz CT molecular complexity index is 858. The van der Waals surface area contributed by atoms with Crippen LogP contribution in [0.15, 0.2) is 24.3 Å². The fraction of sp³-hybridized carbons (Fsp3) is 0.125. The molecule has 7 heteroatoms. The molecule has 0 atom stereocenters. The maximum Gasteiger partial charge on any atom is 0.201 e. The molecule has 0 bridgehead atoms. The molecule has 2 aromatic rings. The zero-order chi connectivity index (χ0) is 16.9. The van der Waals surface area contributed by atoms with Crippen molar-refractivity contribution in [2.24, 2.45) is 0 Å². The first-order chi connectivity index (χ1) is 10.8. The van der Waals surface area contributed by atoms with Crippen LogP contribution in [0.4, 0.5) is 0 Å². The monoisotopic (exact) mass is 440 g/mol. The van der Waals surface area contributed by atoms with Crippen LogP contribution in [0.25, 0.3) is 0 Å². The zero-order valence-electron chi connectivity index (χ0n) is 11.8. The summed E-state index contributed by atoms with van der Waals surface area (Å²) in [7, 11) is 1.40. The van der Waals surface area contributed by atoms with Gasteiger partial charge in [0.1, 0.15) is 17.2 Å². The summed E-state index contributed by atoms with van der Waals surface area (Å²) < 4.78 is 4.75. The van der Waals surface area contributed by atoms with Crippen molar-refractivity contribution in [3.05, 3.63) is 52.1 Å². The van der Waals surface area contributed by atoms with E-state index >= 15 is 0 Å². The van der Waals surface area contributed by atoms with Crippen LogP contribution in [0.5, 0.6) is 17.2 Å². The molecular formula is C16H10Br2O5. The van der Waals surface area contributed by atoms with E-state index in [2.05, 4.69) is 31.9 Å². The quantitative estimate of drug-likeness (QED) is 0.592. The van der Waals surface area contributed by atoms with Crippen molar-refractivity contribution in [3.8, 4) is 17.2 Å². The number of hydrogen-bond donors (Lipinski definition) is 2. The Labute approximate surface area is 148 Å². The fourth-order valence-electron chi connectivity index (χ4n) is 2.60. The third-order valence-corrected chi connectivity index (χ3v) is 4.72. The number of carbonyl (C=O) groups is 2. The largest absolute Gasteiger partial charge is 0.507 e. The smallest absolute Gasteiger partial charge is 0.201 e. The molecular weight excluding hydrogens is 432 g/mol. The third-order valence-electron chi connectivity index (χ3n) is 3.66. The van der Waals surface area contributed by atoms with Gasteiger partial charge in [-0.2, -0.15) is 0 Å². The van der Waals surface area contributed by atoms with E-state index < -0.39 is 11.6 Å². The van der Waals surface area contributed by atoms with Gasteiger partial charge >= 0.3 is 0 Å². The van der Waals surface area contributed by atoms with Gasteiger partial charge in [-0.25, -0.2) is 0 Å². The van der Waals surface area contributed by atoms with E-state index in [4.69, 9.17) is 4.74 Å². The number of hydrogen-bond acceptors (Lipinski definition) is 5. The van der Waals surface area contributed by atoms with Crippen LogP contribution in [-0.2, 0) is 0 Å². The predicted octanol–water partition coefficient (Wildman–Crippen LogP) is 3.67. The number of ketones is 2. The van der Waals surface area contributed by atoms with Gasteiger partial charge in [-0.15, -0.1) is 0 Å². The minimum Gasteiger partial charge on any atom is -0.507 e. The fourth-order valence-corrected chi connectivity index (χ4v) is 3.13. The standard InChI is InChI=1S/C16H10Br2O5/c1-23-7-4-9-13(11(20)5-7)15(22)12-8(14(9)21)2-6(16(17)18)3-10(12)19/h2-5,16,19-20H,1H3. The van der Waals surface area contributed by atoms with Gasteiger partial charge in [0.05, 0.1) is 22.0 Å². The average Bonchev–Trinajstić information content (AvgIpc) is 2.50. The Kier molecular flexibility index (Phi) is 3.93. The van der Waals surface area contributed by atoms with Gasteiger partial charge in [-0.3, -0.25) is 9.59 Å². The summed E-state index contributed by atoms with van der Waals surface area (Å²) in [5.74, 6) is -1.45. The number of benzene rings is 2. The van der Waals surface area contributed by atoms with E-state index in [1.54, 1.807) is 0 Å². The molecule has 0 spiro atoms. The molecule has 0 heterocycles. The topological polar surface area (TPSA) is 83.8 Å². The van der Waals surface area contributed by atoms with E-state index in [0.717, 1.165) is 0 Å². The Morgan fingerprint density at radius 2 is 1.48 bits per heavy atom. The highest BCUT2D eigenvalue weighted by atomic mass is 79.9. The van der Waals surface area contributed by atoms with Gasteiger partial charge in [0.15, 0.2) is 5.78 Å².